The molecule has 0 saturated heterocycles. The molecule has 0 heterocycles. The van der Waals surface area contributed by atoms with Gasteiger partial charge in [-0.2, -0.15) is 0 Å². The molecule has 1 aromatic carbocycles. The highest BCUT2D eigenvalue weighted by atomic mass is 16.5. The molecule has 0 bridgehead atoms. The van der Waals surface area contributed by atoms with Crippen LogP contribution in [-0.4, -0.2) is 7.11 Å². The third-order valence-corrected chi connectivity index (χ3v) is 1.45. The molecule has 0 N–H and O–H groups in total. The van der Waals surface area contributed by atoms with Gasteiger partial charge in [-0.1, -0.05) is 19.1 Å². The predicted octanol–water partition coefficient (Wildman–Crippen LogP) is 2.26. The molecule has 0 aliphatic heterocycles. The summed E-state index contributed by atoms with van der Waals surface area (Å²) in [5.74, 6) is 0.842. The average Bonchev–Trinajstić information content (AvgIpc) is 2.05. The van der Waals surface area contributed by atoms with E-state index in [1.165, 1.54) is 0 Å². The van der Waals surface area contributed by atoms with Gasteiger partial charge < -0.3 is 4.74 Å². The minimum absolute atomic E-state index is 0.152. The van der Waals surface area contributed by atoms with E-state index in [9.17, 15) is 0 Å². The van der Waals surface area contributed by atoms with Gasteiger partial charge >= 0.3 is 0 Å². The molecule has 0 radical (unpaired) electrons. The highest BCUT2D eigenvalue weighted by Crippen LogP contribution is 2.10. The number of benzene rings is 1. The van der Waals surface area contributed by atoms with Crippen LogP contribution in [0.2, 0.25) is 0 Å². The van der Waals surface area contributed by atoms with Gasteiger partial charge in [-0.25, -0.2) is 0 Å². The van der Waals surface area contributed by atoms with Crippen LogP contribution in [0.15, 0.2) is 24.3 Å². The third-order valence-electron chi connectivity index (χ3n) is 1.45. The normalized spacial score (nSPS) is 14.0. The Balaban J connectivity index is 2.83. The quantitative estimate of drug-likeness (QED) is 0.607. The summed E-state index contributed by atoms with van der Waals surface area (Å²) in [6.45, 7) is 1.85. The zero-order valence-corrected chi connectivity index (χ0v) is 6.29. The van der Waals surface area contributed by atoms with Crippen LogP contribution in [0.1, 0.15) is 13.9 Å². The van der Waals surface area contributed by atoms with Gasteiger partial charge in [-0.15, -0.1) is 0 Å². The SMILES string of the molecule is [2H]C(C)c1ccc(OC)cc1. The molecule has 0 aromatic heterocycles. The molecule has 0 aliphatic carbocycles. The summed E-state index contributed by atoms with van der Waals surface area (Å²) >= 11 is 0. The van der Waals surface area contributed by atoms with E-state index >= 15 is 0 Å². The topological polar surface area (TPSA) is 9.23 Å². The van der Waals surface area contributed by atoms with Crippen LogP contribution in [0.25, 0.3) is 0 Å². The van der Waals surface area contributed by atoms with Crippen LogP contribution in [0.4, 0.5) is 0 Å². The molecule has 1 nitrogen and oxygen atoms in total. The molecule has 1 unspecified atom stereocenters. The lowest BCUT2D eigenvalue weighted by Gasteiger charge is -1.99. The first-order valence-electron chi connectivity index (χ1n) is 3.88. The Kier molecular flexibility index (Phi) is 1.88. The van der Waals surface area contributed by atoms with Crippen LogP contribution in [0, 0.1) is 0 Å². The highest BCUT2D eigenvalue weighted by Gasteiger charge is 1.89. The zero-order valence-electron chi connectivity index (χ0n) is 7.29. The minimum Gasteiger partial charge on any atom is -0.497 e. The first-order chi connectivity index (χ1) is 5.24. The van der Waals surface area contributed by atoms with Crippen molar-refractivity contribution < 1.29 is 6.11 Å². The first kappa shape index (κ1) is 5.78. The number of rotatable bonds is 2. The minimum atomic E-state index is -0.152. The molecule has 54 valence electrons. The molecule has 1 heteroatoms. The Morgan fingerprint density at radius 2 is 2.00 bits per heavy atom. The average molecular weight is 137 g/mol. The van der Waals surface area contributed by atoms with E-state index in [0.29, 0.717) is 0 Å². The van der Waals surface area contributed by atoms with Crippen molar-refractivity contribution in [3.63, 3.8) is 0 Å². The Bertz CT molecular complexity index is 216. The molecule has 1 aromatic rings. The second-order valence-electron chi connectivity index (χ2n) is 2.06. The standard InChI is InChI=1S/C9H12O/c1-3-8-4-6-9(10-2)7-5-8/h4-7H,3H2,1-2H3/i3D. The number of ether oxygens (including phenoxy) is 1. The fraction of sp³-hybridized carbons (Fsp3) is 0.333. The van der Waals surface area contributed by atoms with E-state index in [4.69, 9.17) is 6.11 Å². The third kappa shape index (κ3) is 1.50. The maximum atomic E-state index is 7.41. The molecular formula is C9H12O. The number of methoxy groups -OCH3 is 1. The van der Waals surface area contributed by atoms with E-state index in [1.54, 1.807) is 7.11 Å². The van der Waals surface area contributed by atoms with E-state index in [1.807, 2.05) is 31.2 Å². The Morgan fingerprint density at radius 1 is 1.40 bits per heavy atom. The lowest BCUT2D eigenvalue weighted by atomic mass is 10.2. The van der Waals surface area contributed by atoms with Gasteiger partial charge in [0.1, 0.15) is 5.75 Å². The van der Waals surface area contributed by atoms with Crippen LogP contribution in [0.3, 0.4) is 0 Å². The summed E-state index contributed by atoms with van der Waals surface area (Å²) in [7, 11) is 1.64. The van der Waals surface area contributed by atoms with Gasteiger partial charge in [0.25, 0.3) is 0 Å². The van der Waals surface area contributed by atoms with Crippen molar-refractivity contribution in [1.29, 1.82) is 0 Å². The van der Waals surface area contributed by atoms with E-state index in [-0.39, 0.29) is 6.40 Å². The highest BCUT2D eigenvalue weighted by molar-refractivity contribution is 5.26. The van der Waals surface area contributed by atoms with Gasteiger partial charge in [-0.3, -0.25) is 0 Å². The summed E-state index contributed by atoms with van der Waals surface area (Å²) in [5.41, 5.74) is 1.02. The molecule has 0 spiro atoms. The second-order valence-corrected chi connectivity index (χ2v) is 2.06. The molecule has 0 amide bonds. The summed E-state index contributed by atoms with van der Waals surface area (Å²) in [4.78, 5) is 0. The number of aryl methyl sites for hydroxylation is 1. The van der Waals surface area contributed by atoms with Crippen molar-refractivity contribution in [3.05, 3.63) is 29.8 Å². The van der Waals surface area contributed by atoms with Crippen LogP contribution < -0.4 is 4.74 Å². The zero-order chi connectivity index (χ0) is 8.27. The lowest BCUT2D eigenvalue weighted by molar-refractivity contribution is 0.414. The Morgan fingerprint density at radius 3 is 2.40 bits per heavy atom. The van der Waals surface area contributed by atoms with Crippen molar-refractivity contribution in [3.8, 4) is 5.75 Å². The van der Waals surface area contributed by atoms with Crippen LogP contribution >= 0.6 is 0 Å². The monoisotopic (exact) mass is 137 g/mol. The predicted molar refractivity (Wildman–Crippen MR) is 42.4 cm³/mol. The van der Waals surface area contributed by atoms with Crippen molar-refractivity contribution in [1.82, 2.24) is 0 Å². The van der Waals surface area contributed by atoms with Gasteiger partial charge in [0, 0.05) is 1.37 Å². The number of hydrogen-bond acceptors (Lipinski definition) is 1. The first-order valence-corrected chi connectivity index (χ1v) is 3.30. The van der Waals surface area contributed by atoms with E-state index in [0.717, 1.165) is 11.3 Å². The Labute approximate surface area is 63.0 Å². The molecule has 10 heavy (non-hydrogen) atoms. The summed E-state index contributed by atoms with van der Waals surface area (Å²) in [6.07, 6.45) is -0.152. The van der Waals surface area contributed by atoms with Crippen molar-refractivity contribution in [2.24, 2.45) is 0 Å². The number of hydrogen-bond donors (Lipinski definition) is 0. The maximum Gasteiger partial charge on any atom is 0.118 e. The Hall–Kier alpha value is -0.980. The maximum absolute atomic E-state index is 7.41. The molecule has 0 fully saturated rings. The molecule has 0 aliphatic rings. The summed E-state index contributed by atoms with van der Waals surface area (Å²) in [5, 5.41) is 0. The van der Waals surface area contributed by atoms with E-state index in [2.05, 4.69) is 0 Å². The molecule has 1 atom stereocenters. The fourth-order valence-electron chi connectivity index (χ4n) is 0.796. The second kappa shape index (κ2) is 3.25. The van der Waals surface area contributed by atoms with Gasteiger partial charge in [0.05, 0.1) is 7.11 Å². The fourth-order valence-corrected chi connectivity index (χ4v) is 0.796. The van der Waals surface area contributed by atoms with Crippen LogP contribution in [-0.2, 0) is 6.40 Å². The van der Waals surface area contributed by atoms with E-state index < -0.39 is 0 Å². The summed E-state index contributed by atoms with van der Waals surface area (Å²) in [6, 6.07) is 7.58. The van der Waals surface area contributed by atoms with Gasteiger partial charge in [-0.05, 0) is 24.1 Å². The van der Waals surface area contributed by atoms with Gasteiger partial charge in [0.2, 0.25) is 0 Å². The molecular weight excluding hydrogens is 124 g/mol. The summed E-state index contributed by atoms with van der Waals surface area (Å²) < 4.78 is 12.4. The van der Waals surface area contributed by atoms with Gasteiger partial charge in [0.15, 0.2) is 0 Å². The molecule has 0 saturated carbocycles. The van der Waals surface area contributed by atoms with Crippen LogP contribution in [0.5, 0.6) is 5.75 Å². The van der Waals surface area contributed by atoms with Crippen molar-refractivity contribution >= 4 is 0 Å². The van der Waals surface area contributed by atoms with Crippen molar-refractivity contribution in [2.75, 3.05) is 7.11 Å². The lowest BCUT2D eigenvalue weighted by Crippen LogP contribution is -1.83. The van der Waals surface area contributed by atoms with Crippen molar-refractivity contribution in [2.45, 2.75) is 13.3 Å². The smallest absolute Gasteiger partial charge is 0.118 e. The molecule has 1 rings (SSSR count). The largest absolute Gasteiger partial charge is 0.497 e.